The summed E-state index contributed by atoms with van der Waals surface area (Å²) in [6.07, 6.45) is 1.92. The van der Waals surface area contributed by atoms with Crippen LogP contribution in [0.3, 0.4) is 0 Å². The fraction of sp³-hybridized carbons (Fsp3) is 0.846. The van der Waals surface area contributed by atoms with Crippen LogP contribution in [-0.4, -0.2) is 49.6 Å². The highest BCUT2D eigenvalue weighted by Crippen LogP contribution is 2.11. The summed E-state index contributed by atoms with van der Waals surface area (Å²) in [4.78, 5) is 25.0. The van der Waals surface area contributed by atoms with Crippen molar-refractivity contribution in [3.05, 3.63) is 0 Å². The van der Waals surface area contributed by atoms with Gasteiger partial charge in [-0.05, 0) is 18.8 Å². The van der Waals surface area contributed by atoms with E-state index in [4.69, 9.17) is 0 Å². The molecule has 1 aliphatic rings. The third-order valence-electron chi connectivity index (χ3n) is 3.13. The summed E-state index contributed by atoms with van der Waals surface area (Å²) in [6.45, 7) is 6.44. The minimum atomic E-state index is -0.212. The summed E-state index contributed by atoms with van der Waals surface area (Å²) in [7, 11) is 1.39. The lowest BCUT2D eigenvalue weighted by molar-refractivity contribution is -0.142. The second-order valence-electron chi connectivity index (χ2n) is 5.14. The van der Waals surface area contributed by atoms with E-state index in [1.54, 1.807) is 0 Å². The molecule has 0 radical (unpaired) electrons. The molecular weight excluding hydrogens is 232 g/mol. The number of nitrogens with zero attached hydrogens (tertiary/aromatic N) is 1. The van der Waals surface area contributed by atoms with E-state index in [-0.39, 0.29) is 17.9 Å². The zero-order valence-corrected chi connectivity index (χ0v) is 11.6. The van der Waals surface area contributed by atoms with Crippen LogP contribution in [0.15, 0.2) is 0 Å². The molecule has 5 heteroatoms. The van der Waals surface area contributed by atoms with E-state index in [0.717, 1.165) is 19.5 Å². The van der Waals surface area contributed by atoms with Crippen LogP contribution in [0.4, 0.5) is 0 Å². The van der Waals surface area contributed by atoms with Crippen LogP contribution in [0.1, 0.15) is 33.1 Å². The van der Waals surface area contributed by atoms with Gasteiger partial charge in [0.1, 0.15) is 0 Å². The van der Waals surface area contributed by atoms with Gasteiger partial charge in [0, 0.05) is 26.1 Å². The molecule has 0 aromatic heterocycles. The molecule has 1 atom stereocenters. The SMILES string of the molecule is COC(=O)CCCN1CCNC(CC(C)C)C1=O. The van der Waals surface area contributed by atoms with Gasteiger partial charge in [0.15, 0.2) is 0 Å². The number of esters is 1. The number of rotatable bonds is 6. The van der Waals surface area contributed by atoms with Gasteiger partial charge in [-0.15, -0.1) is 0 Å². The lowest BCUT2D eigenvalue weighted by atomic mass is 10.0. The maximum absolute atomic E-state index is 12.2. The summed E-state index contributed by atoms with van der Waals surface area (Å²) in [5, 5.41) is 3.26. The first-order chi connectivity index (χ1) is 8.54. The molecule has 0 aromatic carbocycles. The van der Waals surface area contributed by atoms with Gasteiger partial charge in [0.2, 0.25) is 5.91 Å². The molecule has 104 valence electrons. The van der Waals surface area contributed by atoms with Crippen molar-refractivity contribution in [2.45, 2.75) is 39.2 Å². The highest BCUT2D eigenvalue weighted by atomic mass is 16.5. The number of nitrogens with one attached hydrogen (secondary N) is 1. The lowest BCUT2D eigenvalue weighted by Gasteiger charge is -2.34. The molecular formula is C13H24N2O3. The Hall–Kier alpha value is -1.10. The van der Waals surface area contributed by atoms with E-state index >= 15 is 0 Å². The molecule has 0 saturated carbocycles. The Kier molecular flexibility index (Phi) is 6.12. The Morgan fingerprint density at radius 2 is 2.28 bits per heavy atom. The topological polar surface area (TPSA) is 58.6 Å². The molecule has 1 unspecified atom stereocenters. The first-order valence-electron chi connectivity index (χ1n) is 6.63. The number of piperazine rings is 1. The molecule has 0 bridgehead atoms. The second-order valence-corrected chi connectivity index (χ2v) is 5.14. The van der Waals surface area contributed by atoms with Crippen LogP contribution in [0, 0.1) is 5.92 Å². The van der Waals surface area contributed by atoms with Gasteiger partial charge in [-0.3, -0.25) is 9.59 Å². The van der Waals surface area contributed by atoms with Crippen LogP contribution in [0.2, 0.25) is 0 Å². The molecule has 18 heavy (non-hydrogen) atoms. The Bertz CT molecular complexity index is 292. The van der Waals surface area contributed by atoms with Crippen LogP contribution in [0.25, 0.3) is 0 Å². The highest BCUT2D eigenvalue weighted by molar-refractivity contribution is 5.82. The summed E-state index contributed by atoms with van der Waals surface area (Å²) in [5.41, 5.74) is 0. The van der Waals surface area contributed by atoms with E-state index in [0.29, 0.717) is 25.3 Å². The van der Waals surface area contributed by atoms with Crippen molar-refractivity contribution >= 4 is 11.9 Å². The maximum atomic E-state index is 12.2. The number of methoxy groups -OCH3 is 1. The summed E-state index contributed by atoms with van der Waals surface area (Å²) in [5.74, 6) is 0.456. The minimum Gasteiger partial charge on any atom is -0.469 e. The predicted molar refractivity (Wildman–Crippen MR) is 69.1 cm³/mol. The summed E-state index contributed by atoms with van der Waals surface area (Å²) < 4.78 is 4.59. The number of ether oxygens (including phenoxy) is 1. The highest BCUT2D eigenvalue weighted by Gasteiger charge is 2.28. The Morgan fingerprint density at radius 3 is 2.89 bits per heavy atom. The molecule has 0 aliphatic carbocycles. The van der Waals surface area contributed by atoms with E-state index in [9.17, 15) is 9.59 Å². The van der Waals surface area contributed by atoms with Crippen molar-refractivity contribution in [2.75, 3.05) is 26.7 Å². The largest absolute Gasteiger partial charge is 0.469 e. The molecule has 1 fully saturated rings. The Balaban J connectivity index is 2.36. The molecule has 1 N–H and O–H groups in total. The van der Waals surface area contributed by atoms with Gasteiger partial charge in [0.05, 0.1) is 13.2 Å². The van der Waals surface area contributed by atoms with Gasteiger partial charge in [-0.2, -0.15) is 0 Å². The third kappa shape index (κ3) is 4.64. The van der Waals surface area contributed by atoms with E-state index in [1.807, 2.05) is 4.90 Å². The number of carbonyl (C=O) groups is 2. The number of hydrogen-bond acceptors (Lipinski definition) is 4. The molecule has 0 aromatic rings. The van der Waals surface area contributed by atoms with Crippen LogP contribution in [0.5, 0.6) is 0 Å². The third-order valence-corrected chi connectivity index (χ3v) is 3.13. The van der Waals surface area contributed by atoms with Crippen molar-refractivity contribution in [3.8, 4) is 0 Å². The quantitative estimate of drug-likeness (QED) is 0.714. The van der Waals surface area contributed by atoms with Gasteiger partial charge in [-0.25, -0.2) is 0 Å². The first-order valence-corrected chi connectivity index (χ1v) is 6.63. The van der Waals surface area contributed by atoms with Crippen molar-refractivity contribution in [1.82, 2.24) is 10.2 Å². The summed E-state index contributed by atoms with van der Waals surface area (Å²) >= 11 is 0. The Labute approximate surface area is 109 Å². The molecule has 1 saturated heterocycles. The van der Waals surface area contributed by atoms with Gasteiger partial charge in [-0.1, -0.05) is 13.8 Å². The van der Waals surface area contributed by atoms with Crippen LogP contribution in [-0.2, 0) is 14.3 Å². The lowest BCUT2D eigenvalue weighted by Crippen LogP contribution is -2.55. The van der Waals surface area contributed by atoms with Crippen LogP contribution < -0.4 is 5.32 Å². The first kappa shape index (κ1) is 15.0. The van der Waals surface area contributed by atoms with E-state index in [1.165, 1.54) is 7.11 Å². The van der Waals surface area contributed by atoms with Gasteiger partial charge in [0.25, 0.3) is 0 Å². The standard InChI is InChI=1S/C13H24N2O3/c1-10(2)9-11-13(17)15(8-6-14-11)7-4-5-12(16)18-3/h10-11,14H,4-9H2,1-3H3. The van der Waals surface area contributed by atoms with Crippen molar-refractivity contribution in [3.63, 3.8) is 0 Å². The number of carbonyl (C=O) groups excluding carboxylic acids is 2. The van der Waals surface area contributed by atoms with Crippen molar-refractivity contribution in [1.29, 1.82) is 0 Å². The fourth-order valence-corrected chi connectivity index (χ4v) is 2.19. The average molecular weight is 256 g/mol. The van der Waals surface area contributed by atoms with Gasteiger partial charge < -0.3 is 15.0 Å². The maximum Gasteiger partial charge on any atom is 0.305 e. The number of hydrogen-bond donors (Lipinski definition) is 1. The van der Waals surface area contributed by atoms with Crippen molar-refractivity contribution in [2.24, 2.45) is 5.92 Å². The molecule has 0 spiro atoms. The Morgan fingerprint density at radius 1 is 1.56 bits per heavy atom. The number of amides is 1. The smallest absolute Gasteiger partial charge is 0.305 e. The molecule has 1 amide bonds. The van der Waals surface area contributed by atoms with Crippen molar-refractivity contribution < 1.29 is 14.3 Å². The molecule has 1 aliphatic heterocycles. The zero-order chi connectivity index (χ0) is 13.5. The monoisotopic (exact) mass is 256 g/mol. The normalized spacial score (nSPS) is 20.3. The van der Waals surface area contributed by atoms with Gasteiger partial charge >= 0.3 is 5.97 Å². The predicted octanol–water partition coefficient (Wildman–Crippen LogP) is 0.786. The second kappa shape index (κ2) is 7.36. The van der Waals surface area contributed by atoms with E-state index in [2.05, 4.69) is 23.9 Å². The minimum absolute atomic E-state index is 0.0584. The average Bonchev–Trinajstić information content (AvgIpc) is 2.33. The summed E-state index contributed by atoms with van der Waals surface area (Å²) in [6, 6.07) is -0.0584. The molecule has 1 rings (SSSR count). The zero-order valence-electron chi connectivity index (χ0n) is 11.6. The van der Waals surface area contributed by atoms with E-state index < -0.39 is 0 Å². The fourth-order valence-electron chi connectivity index (χ4n) is 2.19. The molecule has 5 nitrogen and oxygen atoms in total. The van der Waals surface area contributed by atoms with Crippen LogP contribution >= 0.6 is 0 Å². The molecule has 1 heterocycles.